The van der Waals surface area contributed by atoms with E-state index in [1.165, 1.54) is 33.7 Å². The van der Waals surface area contributed by atoms with E-state index >= 15 is 0 Å². The van der Waals surface area contributed by atoms with Crippen molar-refractivity contribution in [2.45, 2.75) is 30.4 Å². The second kappa shape index (κ2) is 7.05. The van der Waals surface area contributed by atoms with Gasteiger partial charge in [-0.15, -0.1) is 11.8 Å². The lowest BCUT2D eigenvalue weighted by molar-refractivity contribution is -0.136. The van der Waals surface area contributed by atoms with Gasteiger partial charge in [0.1, 0.15) is 5.25 Å². The Morgan fingerprint density at radius 1 is 1.12 bits per heavy atom. The van der Waals surface area contributed by atoms with E-state index in [2.05, 4.69) is 48.3 Å². The standard InChI is InChI=1S/C20H19NO2S/c1-13-7-8-15(18-6-4-3-5-17(13)18)11-16-12-21-10-9-19(16)24-14(2)20(22)23/h3-10,12,14H,11H2,1-2H3,(H,22,23). The quantitative estimate of drug-likeness (QED) is 0.686. The third-order valence-corrected chi connectivity index (χ3v) is 5.33. The van der Waals surface area contributed by atoms with Gasteiger partial charge in [0, 0.05) is 23.7 Å². The molecule has 0 fully saturated rings. The van der Waals surface area contributed by atoms with E-state index < -0.39 is 11.2 Å². The van der Waals surface area contributed by atoms with Gasteiger partial charge in [-0.05, 0) is 47.4 Å². The molecule has 0 amide bonds. The number of carboxylic acids is 1. The number of aromatic nitrogens is 1. The van der Waals surface area contributed by atoms with Crippen LogP contribution in [-0.4, -0.2) is 21.3 Å². The van der Waals surface area contributed by atoms with Crippen molar-refractivity contribution < 1.29 is 9.90 Å². The molecule has 1 atom stereocenters. The summed E-state index contributed by atoms with van der Waals surface area (Å²) in [6.45, 7) is 3.82. The van der Waals surface area contributed by atoms with Crippen molar-refractivity contribution in [1.29, 1.82) is 0 Å². The van der Waals surface area contributed by atoms with E-state index in [4.69, 9.17) is 5.11 Å². The summed E-state index contributed by atoms with van der Waals surface area (Å²) in [5.41, 5.74) is 3.55. The van der Waals surface area contributed by atoms with Crippen LogP contribution in [0.15, 0.2) is 59.8 Å². The van der Waals surface area contributed by atoms with Gasteiger partial charge in [-0.2, -0.15) is 0 Å². The maximum atomic E-state index is 11.1. The molecule has 1 aromatic heterocycles. The number of pyridine rings is 1. The number of benzene rings is 2. The smallest absolute Gasteiger partial charge is 0.316 e. The van der Waals surface area contributed by atoms with Gasteiger partial charge in [-0.25, -0.2) is 0 Å². The molecule has 122 valence electrons. The summed E-state index contributed by atoms with van der Waals surface area (Å²) in [5.74, 6) is -0.802. The molecule has 0 bridgehead atoms. The number of carbonyl (C=O) groups is 1. The first-order valence-corrected chi connectivity index (χ1v) is 8.74. The van der Waals surface area contributed by atoms with Gasteiger partial charge < -0.3 is 5.11 Å². The van der Waals surface area contributed by atoms with Crippen LogP contribution in [0.4, 0.5) is 0 Å². The Balaban J connectivity index is 1.98. The van der Waals surface area contributed by atoms with Crippen molar-refractivity contribution in [2.24, 2.45) is 0 Å². The van der Waals surface area contributed by atoms with Gasteiger partial charge in [0.05, 0.1) is 0 Å². The maximum absolute atomic E-state index is 11.1. The minimum Gasteiger partial charge on any atom is -0.480 e. The Labute approximate surface area is 145 Å². The molecule has 0 saturated carbocycles. The van der Waals surface area contributed by atoms with Crippen LogP contribution in [0.5, 0.6) is 0 Å². The predicted molar refractivity (Wildman–Crippen MR) is 98.7 cm³/mol. The van der Waals surface area contributed by atoms with E-state index in [-0.39, 0.29) is 0 Å². The van der Waals surface area contributed by atoms with Crippen LogP contribution in [0, 0.1) is 6.92 Å². The van der Waals surface area contributed by atoms with Gasteiger partial charge in [0.2, 0.25) is 0 Å². The molecule has 0 radical (unpaired) electrons. The van der Waals surface area contributed by atoms with Crippen molar-refractivity contribution in [3.05, 3.63) is 71.5 Å². The maximum Gasteiger partial charge on any atom is 0.316 e. The Hall–Kier alpha value is -2.33. The minimum absolute atomic E-state index is 0.485. The van der Waals surface area contributed by atoms with Crippen molar-refractivity contribution >= 4 is 28.5 Å². The molecule has 3 nitrogen and oxygen atoms in total. The van der Waals surface area contributed by atoms with E-state index in [9.17, 15) is 4.79 Å². The minimum atomic E-state index is -0.802. The zero-order valence-corrected chi connectivity index (χ0v) is 14.5. The Kier molecular flexibility index (Phi) is 4.86. The highest BCUT2D eigenvalue weighted by atomic mass is 32.2. The lowest BCUT2D eigenvalue weighted by Crippen LogP contribution is -2.11. The van der Waals surface area contributed by atoms with E-state index in [0.717, 1.165) is 16.9 Å². The van der Waals surface area contributed by atoms with Crippen molar-refractivity contribution in [1.82, 2.24) is 4.98 Å². The van der Waals surface area contributed by atoms with Crippen molar-refractivity contribution in [2.75, 3.05) is 0 Å². The second-order valence-electron chi connectivity index (χ2n) is 5.85. The number of aliphatic carboxylic acids is 1. The van der Waals surface area contributed by atoms with Gasteiger partial charge in [0.15, 0.2) is 0 Å². The lowest BCUT2D eigenvalue weighted by atomic mass is 9.96. The first-order chi connectivity index (χ1) is 11.6. The van der Waals surface area contributed by atoms with Crippen LogP contribution >= 0.6 is 11.8 Å². The molecular weight excluding hydrogens is 318 g/mol. The highest BCUT2D eigenvalue weighted by Crippen LogP contribution is 2.30. The third kappa shape index (κ3) is 3.44. The molecule has 3 rings (SSSR count). The molecule has 3 aromatic rings. The number of thioether (sulfide) groups is 1. The van der Waals surface area contributed by atoms with E-state index in [1.807, 2.05) is 12.3 Å². The number of nitrogens with zero attached hydrogens (tertiary/aromatic N) is 1. The number of hydrogen-bond acceptors (Lipinski definition) is 3. The van der Waals surface area contributed by atoms with Crippen LogP contribution < -0.4 is 0 Å². The van der Waals surface area contributed by atoms with Crippen LogP contribution in [0.2, 0.25) is 0 Å². The zero-order valence-electron chi connectivity index (χ0n) is 13.7. The monoisotopic (exact) mass is 337 g/mol. The molecule has 24 heavy (non-hydrogen) atoms. The predicted octanol–water partition coefficient (Wildman–Crippen LogP) is 4.70. The normalized spacial score (nSPS) is 12.2. The van der Waals surface area contributed by atoms with E-state index in [1.54, 1.807) is 13.1 Å². The number of hydrogen-bond donors (Lipinski definition) is 1. The average Bonchev–Trinajstić information content (AvgIpc) is 2.59. The summed E-state index contributed by atoms with van der Waals surface area (Å²) in [6, 6.07) is 14.6. The summed E-state index contributed by atoms with van der Waals surface area (Å²) in [6.07, 6.45) is 4.29. The molecule has 1 unspecified atom stereocenters. The van der Waals surface area contributed by atoms with Crippen LogP contribution in [0.1, 0.15) is 23.6 Å². The highest BCUT2D eigenvalue weighted by Gasteiger charge is 2.15. The van der Waals surface area contributed by atoms with Gasteiger partial charge in [-0.1, -0.05) is 36.4 Å². The number of carboxylic acid groups (broad SMARTS) is 1. The Morgan fingerprint density at radius 2 is 1.88 bits per heavy atom. The fourth-order valence-corrected chi connectivity index (χ4v) is 3.67. The lowest BCUT2D eigenvalue weighted by Gasteiger charge is -2.13. The molecule has 2 aromatic carbocycles. The third-order valence-electron chi connectivity index (χ3n) is 4.12. The van der Waals surface area contributed by atoms with Gasteiger partial charge >= 0.3 is 5.97 Å². The van der Waals surface area contributed by atoms with Crippen LogP contribution in [0.25, 0.3) is 10.8 Å². The van der Waals surface area contributed by atoms with Gasteiger partial charge in [0.25, 0.3) is 0 Å². The first-order valence-electron chi connectivity index (χ1n) is 7.86. The largest absolute Gasteiger partial charge is 0.480 e. The topological polar surface area (TPSA) is 50.2 Å². The Bertz CT molecular complexity index is 892. The molecule has 1 heterocycles. The number of rotatable bonds is 5. The zero-order chi connectivity index (χ0) is 17.1. The van der Waals surface area contributed by atoms with Crippen LogP contribution in [0.3, 0.4) is 0 Å². The molecular formula is C20H19NO2S. The fraction of sp³-hybridized carbons (Fsp3) is 0.200. The van der Waals surface area contributed by atoms with E-state index in [0.29, 0.717) is 0 Å². The summed E-state index contributed by atoms with van der Waals surface area (Å²) in [4.78, 5) is 16.4. The Morgan fingerprint density at radius 3 is 2.62 bits per heavy atom. The molecule has 0 aliphatic rings. The SMILES string of the molecule is Cc1ccc(Cc2cnccc2SC(C)C(=O)O)c2ccccc12. The molecule has 0 aliphatic heterocycles. The number of fused-ring (bicyclic) bond motifs is 1. The van der Waals surface area contributed by atoms with Crippen molar-refractivity contribution in [3.8, 4) is 0 Å². The molecule has 4 heteroatoms. The second-order valence-corrected chi connectivity index (χ2v) is 7.23. The average molecular weight is 337 g/mol. The molecule has 1 N–H and O–H groups in total. The molecule has 0 saturated heterocycles. The fourth-order valence-electron chi connectivity index (χ4n) is 2.77. The molecule has 0 aliphatic carbocycles. The van der Waals surface area contributed by atoms with Gasteiger partial charge in [-0.3, -0.25) is 9.78 Å². The van der Waals surface area contributed by atoms with Crippen molar-refractivity contribution in [3.63, 3.8) is 0 Å². The summed E-state index contributed by atoms with van der Waals surface area (Å²) < 4.78 is 0. The number of aryl methyl sites for hydroxylation is 1. The van der Waals surface area contributed by atoms with Crippen LogP contribution in [-0.2, 0) is 11.2 Å². The first kappa shape index (κ1) is 16.5. The highest BCUT2D eigenvalue weighted by molar-refractivity contribution is 8.00. The summed E-state index contributed by atoms with van der Waals surface area (Å²) in [5, 5.41) is 11.2. The summed E-state index contributed by atoms with van der Waals surface area (Å²) in [7, 11) is 0. The summed E-state index contributed by atoms with van der Waals surface area (Å²) >= 11 is 1.37. The molecule has 0 spiro atoms.